The van der Waals surface area contributed by atoms with Gasteiger partial charge in [0, 0.05) is 37.3 Å². The minimum absolute atomic E-state index is 0.126. The Morgan fingerprint density at radius 1 is 1.15 bits per heavy atom. The lowest BCUT2D eigenvalue weighted by molar-refractivity contribution is 0.0761. The van der Waals surface area contributed by atoms with Crippen LogP contribution < -0.4 is 10.1 Å². The maximum Gasteiger partial charge on any atom is 0.317 e. The van der Waals surface area contributed by atoms with E-state index in [0.29, 0.717) is 44.8 Å². The molecule has 0 unspecified atom stereocenters. The van der Waals surface area contributed by atoms with E-state index in [4.69, 9.17) is 4.74 Å². The predicted octanol–water partition coefficient (Wildman–Crippen LogP) is 2.88. The fraction of sp³-hybridized carbons (Fsp3) is 0.579. The molecule has 0 aromatic heterocycles. The Morgan fingerprint density at radius 2 is 1.81 bits per heavy atom. The SMILES string of the molecule is CCOc1ccc(C(=O)N2CCCN(C(=O)NC(C)(C)C)CC2)cc1F. The van der Waals surface area contributed by atoms with E-state index < -0.39 is 5.82 Å². The third-order valence-electron chi connectivity index (χ3n) is 4.03. The largest absolute Gasteiger partial charge is 0.491 e. The highest BCUT2D eigenvalue weighted by molar-refractivity contribution is 5.94. The summed E-state index contributed by atoms with van der Waals surface area (Å²) in [6.07, 6.45) is 0.683. The molecule has 1 aromatic carbocycles. The first-order chi connectivity index (χ1) is 12.2. The van der Waals surface area contributed by atoms with Crippen molar-refractivity contribution in [3.05, 3.63) is 29.6 Å². The van der Waals surface area contributed by atoms with Gasteiger partial charge in [-0.1, -0.05) is 0 Å². The van der Waals surface area contributed by atoms with Crippen molar-refractivity contribution in [1.29, 1.82) is 0 Å². The molecule has 1 aliphatic rings. The summed E-state index contributed by atoms with van der Waals surface area (Å²) in [5, 5.41) is 2.94. The van der Waals surface area contributed by atoms with Crippen LogP contribution >= 0.6 is 0 Å². The first-order valence-corrected chi connectivity index (χ1v) is 9.00. The van der Waals surface area contributed by atoms with Crippen molar-refractivity contribution < 1.29 is 18.7 Å². The molecular weight excluding hydrogens is 337 g/mol. The number of benzene rings is 1. The van der Waals surface area contributed by atoms with Crippen LogP contribution in [0.1, 0.15) is 44.5 Å². The van der Waals surface area contributed by atoms with Gasteiger partial charge >= 0.3 is 6.03 Å². The number of rotatable bonds is 3. The molecule has 1 saturated heterocycles. The molecular formula is C19H28FN3O3. The molecule has 0 aliphatic carbocycles. The highest BCUT2D eigenvalue weighted by atomic mass is 19.1. The van der Waals surface area contributed by atoms with Gasteiger partial charge in [0.2, 0.25) is 0 Å². The third kappa shape index (κ3) is 5.34. The van der Waals surface area contributed by atoms with Crippen LogP contribution in [-0.4, -0.2) is 60.1 Å². The topological polar surface area (TPSA) is 61.9 Å². The van der Waals surface area contributed by atoms with Crippen LogP contribution in [0.4, 0.5) is 9.18 Å². The van der Waals surface area contributed by atoms with E-state index in [2.05, 4.69) is 5.32 Å². The third-order valence-corrected chi connectivity index (χ3v) is 4.03. The summed E-state index contributed by atoms with van der Waals surface area (Å²) in [6, 6.07) is 4.14. The van der Waals surface area contributed by atoms with Gasteiger partial charge in [0.15, 0.2) is 11.6 Å². The van der Waals surface area contributed by atoms with Crippen LogP contribution in [0.2, 0.25) is 0 Å². The Hall–Kier alpha value is -2.31. The average molecular weight is 365 g/mol. The maximum absolute atomic E-state index is 14.0. The number of nitrogens with one attached hydrogen (secondary N) is 1. The number of urea groups is 1. The predicted molar refractivity (Wildman–Crippen MR) is 97.9 cm³/mol. The van der Waals surface area contributed by atoms with E-state index in [-0.39, 0.29) is 23.2 Å². The van der Waals surface area contributed by atoms with E-state index >= 15 is 0 Å². The Morgan fingerprint density at radius 3 is 2.42 bits per heavy atom. The second-order valence-electron chi connectivity index (χ2n) is 7.39. The number of halogens is 1. The molecule has 0 saturated carbocycles. The molecule has 1 fully saturated rings. The summed E-state index contributed by atoms with van der Waals surface area (Å²) < 4.78 is 19.2. The zero-order valence-electron chi connectivity index (χ0n) is 16.0. The zero-order chi connectivity index (χ0) is 19.3. The van der Waals surface area contributed by atoms with Crippen LogP contribution in [0.25, 0.3) is 0 Å². The lowest BCUT2D eigenvalue weighted by atomic mass is 10.1. The Balaban J connectivity index is 2.01. The summed E-state index contributed by atoms with van der Waals surface area (Å²) in [4.78, 5) is 28.4. The Bertz CT molecular complexity index is 658. The average Bonchev–Trinajstić information content (AvgIpc) is 2.81. The van der Waals surface area contributed by atoms with E-state index in [0.717, 1.165) is 0 Å². The van der Waals surface area contributed by atoms with Gasteiger partial charge in [0.05, 0.1) is 6.61 Å². The van der Waals surface area contributed by atoms with E-state index in [1.165, 1.54) is 12.1 Å². The molecule has 0 atom stereocenters. The zero-order valence-corrected chi connectivity index (χ0v) is 16.0. The molecule has 6 nitrogen and oxygen atoms in total. The van der Waals surface area contributed by atoms with Gasteiger partial charge in [0.25, 0.3) is 5.91 Å². The molecule has 1 heterocycles. The maximum atomic E-state index is 14.0. The summed E-state index contributed by atoms with van der Waals surface area (Å²) >= 11 is 0. The van der Waals surface area contributed by atoms with Gasteiger partial charge in [-0.25, -0.2) is 9.18 Å². The minimum Gasteiger partial charge on any atom is -0.491 e. The number of nitrogens with zero attached hydrogens (tertiary/aromatic N) is 2. The van der Waals surface area contributed by atoms with Crippen molar-refractivity contribution in [3.63, 3.8) is 0 Å². The van der Waals surface area contributed by atoms with Gasteiger partial charge in [-0.15, -0.1) is 0 Å². The summed E-state index contributed by atoms with van der Waals surface area (Å²) in [5.74, 6) is -0.631. The molecule has 0 spiro atoms. The van der Waals surface area contributed by atoms with Crippen LogP contribution in [0.5, 0.6) is 5.75 Å². The molecule has 3 amide bonds. The number of hydrogen-bond donors (Lipinski definition) is 1. The van der Waals surface area contributed by atoms with Crippen LogP contribution in [0, 0.1) is 5.82 Å². The fourth-order valence-corrected chi connectivity index (χ4v) is 2.81. The molecule has 1 aromatic rings. The number of ether oxygens (including phenoxy) is 1. The Kier molecular flexibility index (Phi) is 6.45. The second-order valence-corrected chi connectivity index (χ2v) is 7.39. The van der Waals surface area contributed by atoms with Crippen molar-refractivity contribution in [2.75, 3.05) is 32.8 Å². The molecule has 7 heteroatoms. The van der Waals surface area contributed by atoms with E-state index in [9.17, 15) is 14.0 Å². The van der Waals surface area contributed by atoms with E-state index in [1.807, 2.05) is 20.8 Å². The summed E-state index contributed by atoms with van der Waals surface area (Å²) in [6.45, 7) is 9.92. The highest BCUT2D eigenvalue weighted by Gasteiger charge is 2.25. The van der Waals surface area contributed by atoms with Crippen LogP contribution in [-0.2, 0) is 0 Å². The van der Waals surface area contributed by atoms with Crippen molar-refractivity contribution in [3.8, 4) is 5.75 Å². The molecule has 1 N–H and O–H groups in total. The molecule has 0 bridgehead atoms. The van der Waals surface area contributed by atoms with Crippen LogP contribution in [0.15, 0.2) is 18.2 Å². The quantitative estimate of drug-likeness (QED) is 0.896. The monoisotopic (exact) mass is 365 g/mol. The van der Waals surface area contributed by atoms with Gasteiger partial charge in [-0.3, -0.25) is 4.79 Å². The molecule has 0 radical (unpaired) electrons. The molecule has 1 aliphatic heterocycles. The van der Waals surface area contributed by atoms with Gasteiger partial charge < -0.3 is 19.9 Å². The lowest BCUT2D eigenvalue weighted by Crippen LogP contribution is -2.49. The van der Waals surface area contributed by atoms with E-state index in [1.54, 1.807) is 22.8 Å². The number of hydrogen-bond acceptors (Lipinski definition) is 3. The standard InChI is InChI=1S/C19H28FN3O3/c1-5-26-16-8-7-14(13-15(16)20)17(24)22-9-6-10-23(12-11-22)18(25)21-19(2,3)4/h7-8,13H,5-6,9-12H2,1-4H3,(H,21,25). The second kappa shape index (κ2) is 8.38. The smallest absolute Gasteiger partial charge is 0.317 e. The van der Waals surface area contributed by atoms with Gasteiger partial charge in [0.1, 0.15) is 0 Å². The van der Waals surface area contributed by atoms with Gasteiger partial charge in [-0.2, -0.15) is 0 Å². The summed E-state index contributed by atoms with van der Waals surface area (Å²) in [7, 11) is 0. The Labute approximate surface area is 154 Å². The molecule has 2 rings (SSSR count). The fourth-order valence-electron chi connectivity index (χ4n) is 2.81. The van der Waals surface area contributed by atoms with Gasteiger partial charge in [-0.05, 0) is 52.3 Å². The van der Waals surface area contributed by atoms with Crippen molar-refractivity contribution in [1.82, 2.24) is 15.1 Å². The van der Waals surface area contributed by atoms with Crippen molar-refractivity contribution >= 4 is 11.9 Å². The number of amides is 3. The summed E-state index contributed by atoms with van der Waals surface area (Å²) in [5.41, 5.74) is -0.0165. The number of carbonyl (C=O) groups is 2. The highest BCUT2D eigenvalue weighted by Crippen LogP contribution is 2.20. The normalized spacial score (nSPS) is 15.4. The first kappa shape index (κ1) is 20.0. The molecule has 26 heavy (non-hydrogen) atoms. The first-order valence-electron chi connectivity index (χ1n) is 9.00. The van der Waals surface area contributed by atoms with Crippen molar-refractivity contribution in [2.24, 2.45) is 0 Å². The molecule has 144 valence electrons. The lowest BCUT2D eigenvalue weighted by Gasteiger charge is -2.27. The number of carbonyl (C=O) groups excluding carboxylic acids is 2. The minimum atomic E-state index is -0.543. The van der Waals surface area contributed by atoms with Crippen molar-refractivity contribution in [2.45, 2.75) is 39.7 Å². The van der Waals surface area contributed by atoms with Crippen LogP contribution in [0.3, 0.4) is 0 Å².